The zero-order valence-electron chi connectivity index (χ0n) is 12.7. The third-order valence-corrected chi connectivity index (χ3v) is 3.45. The summed E-state index contributed by atoms with van der Waals surface area (Å²) in [6.07, 6.45) is 1.62. The number of carbonyl (C=O) groups excluding carboxylic acids is 3. The molecule has 0 aromatic rings. The monoisotopic (exact) mass is 350 g/mol. The van der Waals surface area contributed by atoms with Crippen LogP contribution < -0.4 is 22.1 Å². The number of aliphatic carboxylic acids is 1. The van der Waals surface area contributed by atoms with Crippen molar-refractivity contribution in [2.24, 2.45) is 11.5 Å². The van der Waals surface area contributed by atoms with Crippen LogP contribution in [0.2, 0.25) is 0 Å². The fraction of sp³-hybridized carbons (Fsp3) is 0.667. The Bertz CT molecular complexity index is 447. The van der Waals surface area contributed by atoms with E-state index in [0.717, 1.165) is 0 Å². The Labute approximate surface area is 137 Å². The predicted octanol–water partition coefficient (Wildman–Crippen LogP) is -3.01. The van der Waals surface area contributed by atoms with E-state index >= 15 is 0 Å². The molecule has 0 aromatic carbocycles. The molecule has 10 nitrogen and oxygen atoms in total. The number of nitrogens with one attached hydrogen (secondary N) is 2. The molecule has 0 heterocycles. The van der Waals surface area contributed by atoms with Gasteiger partial charge in [-0.25, -0.2) is 4.79 Å². The molecule has 23 heavy (non-hydrogen) atoms. The van der Waals surface area contributed by atoms with E-state index in [2.05, 4.69) is 5.32 Å². The van der Waals surface area contributed by atoms with E-state index in [-0.39, 0.29) is 0 Å². The number of carbonyl (C=O) groups is 4. The Kier molecular flexibility index (Phi) is 9.94. The van der Waals surface area contributed by atoms with Crippen LogP contribution in [0.5, 0.6) is 0 Å². The molecule has 132 valence electrons. The first-order valence-electron chi connectivity index (χ1n) is 6.70. The summed E-state index contributed by atoms with van der Waals surface area (Å²) in [6.45, 7) is -0.754. The van der Waals surface area contributed by atoms with E-state index < -0.39 is 54.8 Å². The van der Waals surface area contributed by atoms with Gasteiger partial charge in [0.15, 0.2) is 0 Å². The molecule has 0 saturated heterocycles. The summed E-state index contributed by atoms with van der Waals surface area (Å²) < 4.78 is 0. The average Bonchev–Trinajstić information content (AvgIpc) is 2.48. The number of carboxylic acids is 1. The van der Waals surface area contributed by atoms with Crippen molar-refractivity contribution < 1.29 is 29.4 Å². The van der Waals surface area contributed by atoms with Crippen molar-refractivity contribution >= 4 is 35.5 Å². The summed E-state index contributed by atoms with van der Waals surface area (Å²) in [5.74, 6) is -3.33. The maximum Gasteiger partial charge on any atom is 0.326 e. The van der Waals surface area contributed by atoms with Crippen molar-refractivity contribution in [2.75, 3.05) is 18.6 Å². The predicted molar refractivity (Wildman–Crippen MR) is 83.4 cm³/mol. The molecule has 0 saturated carbocycles. The summed E-state index contributed by atoms with van der Waals surface area (Å²) in [5.41, 5.74) is 10.5. The van der Waals surface area contributed by atoms with Crippen molar-refractivity contribution in [1.29, 1.82) is 0 Å². The molecule has 0 unspecified atom stereocenters. The number of amides is 3. The van der Waals surface area contributed by atoms with Crippen LogP contribution in [-0.2, 0) is 19.2 Å². The number of nitrogens with two attached hydrogens (primary N) is 2. The maximum absolute atomic E-state index is 11.9. The highest BCUT2D eigenvalue weighted by molar-refractivity contribution is 7.98. The quantitative estimate of drug-likeness (QED) is 0.227. The van der Waals surface area contributed by atoms with Crippen molar-refractivity contribution in [2.45, 2.75) is 31.0 Å². The summed E-state index contributed by atoms with van der Waals surface area (Å²) in [7, 11) is 0. The zero-order valence-corrected chi connectivity index (χ0v) is 13.5. The van der Waals surface area contributed by atoms with Crippen LogP contribution in [0.3, 0.4) is 0 Å². The van der Waals surface area contributed by atoms with Gasteiger partial charge in [-0.3, -0.25) is 14.4 Å². The summed E-state index contributed by atoms with van der Waals surface area (Å²) >= 11 is 1.50. The standard InChI is InChI=1S/C12H22N4O6S/c1-23-3-2-6(13)10(19)16-8(5-17)11(20)15-7(12(21)22)4-9(14)18/h6-8,17H,2-5,13H2,1H3,(H2,14,18)(H,15,20)(H,16,19)(H,21,22)/t6-,7-,8-/m0/s1. The first-order valence-corrected chi connectivity index (χ1v) is 8.09. The second-order valence-electron chi connectivity index (χ2n) is 4.70. The lowest BCUT2D eigenvalue weighted by molar-refractivity contribution is -0.144. The van der Waals surface area contributed by atoms with Crippen LogP contribution in [0.15, 0.2) is 0 Å². The van der Waals surface area contributed by atoms with Gasteiger partial charge in [0.25, 0.3) is 0 Å². The highest BCUT2D eigenvalue weighted by Crippen LogP contribution is 2.00. The third kappa shape index (κ3) is 8.38. The minimum Gasteiger partial charge on any atom is -0.480 e. The van der Waals surface area contributed by atoms with Crippen LogP contribution in [-0.4, -0.2) is 70.6 Å². The number of aliphatic hydroxyl groups excluding tert-OH is 1. The van der Waals surface area contributed by atoms with Gasteiger partial charge < -0.3 is 32.3 Å². The Morgan fingerprint density at radius 2 is 1.70 bits per heavy atom. The van der Waals surface area contributed by atoms with Gasteiger partial charge in [-0.2, -0.15) is 11.8 Å². The summed E-state index contributed by atoms with van der Waals surface area (Å²) in [6, 6.07) is -3.78. The molecule has 11 heteroatoms. The molecule has 3 atom stereocenters. The van der Waals surface area contributed by atoms with Crippen LogP contribution in [0.4, 0.5) is 0 Å². The molecule has 3 amide bonds. The molecule has 0 aromatic heterocycles. The van der Waals surface area contributed by atoms with Crippen LogP contribution in [0, 0.1) is 0 Å². The average molecular weight is 350 g/mol. The SMILES string of the molecule is CSCC[C@H](N)C(=O)N[C@@H](CO)C(=O)N[C@@H](CC(N)=O)C(=O)O. The van der Waals surface area contributed by atoms with Gasteiger partial charge in [-0.15, -0.1) is 0 Å². The Morgan fingerprint density at radius 3 is 2.13 bits per heavy atom. The van der Waals surface area contributed by atoms with Gasteiger partial charge in [0.2, 0.25) is 17.7 Å². The second kappa shape index (κ2) is 10.8. The lowest BCUT2D eigenvalue weighted by Crippen LogP contribution is -2.56. The molecule has 0 aliphatic rings. The second-order valence-corrected chi connectivity index (χ2v) is 5.69. The zero-order chi connectivity index (χ0) is 18.0. The molecular weight excluding hydrogens is 328 g/mol. The Hall–Kier alpha value is -1.85. The molecule has 0 fully saturated rings. The van der Waals surface area contributed by atoms with Gasteiger partial charge in [0, 0.05) is 0 Å². The van der Waals surface area contributed by atoms with E-state index in [1.54, 1.807) is 0 Å². The smallest absolute Gasteiger partial charge is 0.326 e. The molecule has 0 spiro atoms. The number of thioether (sulfide) groups is 1. The van der Waals surface area contributed by atoms with Crippen LogP contribution in [0.1, 0.15) is 12.8 Å². The van der Waals surface area contributed by atoms with Gasteiger partial charge in [0.1, 0.15) is 12.1 Å². The largest absolute Gasteiger partial charge is 0.480 e. The number of hydrogen-bond donors (Lipinski definition) is 6. The van der Waals surface area contributed by atoms with Crippen molar-refractivity contribution in [3.8, 4) is 0 Å². The molecule has 0 rings (SSSR count). The highest BCUT2D eigenvalue weighted by atomic mass is 32.2. The number of hydrogen-bond acceptors (Lipinski definition) is 7. The number of carboxylic acid groups (broad SMARTS) is 1. The number of rotatable bonds is 11. The van der Waals surface area contributed by atoms with E-state index in [9.17, 15) is 24.3 Å². The molecule has 8 N–H and O–H groups in total. The van der Waals surface area contributed by atoms with Crippen molar-refractivity contribution in [1.82, 2.24) is 10.6 Å². The molecule has 0 radical (unpaired) electrons. The van der Waals surface area contributed by atoms with Gasteiger partial charge in [-0.1, -0.05) is 0 Å². The first kappa shape index (κ1) is 21.1. The Balaban J connectivity index is 4.69. The lowest BCUT2D eigenvalue weighted by atomic mass is 10.1. The highest BCUT2D eigenvalue weighted by Gasteiger charge is 2.28. The minimum atomic E-state index is -1.55. The lowest BCUT2D eigenvalue weighted by Gasteiger charge is -2.21. The van der Waals surface area contributed by atoms with Gasteiger partial charge in [-0.05, 0) is 18.4 Å². The summed E-state index contributed by atoms with van der Waals surface area (Å²) in [4.78, 5) is 45.4. The third-order valence-electron chi connectivity index (χ3n) is 2.81. The molecule has 0 aliphatic carbocycles. The Morgan fingerprint density at radius 1 is 1.13 bits per heavy atom. The number of primary amides is 1. The van der Waals surface area contributed by atoms with Crippen molar-refractivity contribution in [3.05, 3.63) is 0 Å². The topological polar surface area (TPSA) is 185 Å². The molecular formula is C12H22N4O6S. The van der Waals surface area contributed by atoms with E-state index in [0.29, 0.717) is 12.2 Å². The van der Waals surface area contributed by atoms with Crippen LogP contribution >= 0.6 is 11.8 Å². The van der Waals surface area contributed by atoms with Gasteiger partial charge in [0.05, 0.1) is 19.1 Å². The fourth-order valence-corrected chi connectivity index (χ4v) is 2.01. The van der Waals surface area contributed by atoms with Crippen LogP contribution in [0.25, 0.3) is 0 Å². The van der Waals surface area contributed by atoms with E-state index in [1.165, 1.54) is 11.8 Å². The van der Waals surface area contributed by atoms with E-state index in [4.69, 9.17) is 16.6 Å². The van der Waals surface area contributed by atoms with Gasteiger partial charge >= 0.3 is 5.97 Å². The number of aliphatic hydroxyl groups is 1. The maximum atomic E-state index is 11.9. The minimum absolute atomic E-state index is 0.381. The molecule has 0 bridgehead atoms. The molecule has 0 aliphatic heterocycles. The first-order chi connectivity index (χ1) is 10.7. The summed E-state index contributed by atoms with van der Waals surface area (Å²) in [5, 5.41) is 22.3. The van der Waals surface area contributed by atoms with E-state index in [1.807, 2.05) is 11.6 Å². The van der Waals surface area contributed by atoms with Crippen molar-refractivity contribution in [3.63, 3.8) is 0 Å². The normalized spacial score (nSPS) is 14.4. The fourth-order valence-electron chi connectivity index (χ4n) is 1.52.